The van der Waals surface area contributed by atoms with E-state index in [0.717, 1.165) is 17.7 Å². The average molecular weight is 604 g/mol. The van der Waals surface area contributed by atoms with Gasteiger partial charge in [-0.2, -0.15) is 13.2 Å². The lowest BCUT2D eigenvalue weighted by molar-refractivity contribution is -0.137. The summed E-state index contributed by atoms with van der Waals surface area (Å²) in [6.07, 6.45) is -4.56. The molecule has 0 saturated heterocycles. The molecule has 0 unspecified atom stereocenters. The molecular weight excluding hydrogens is 575 g/mol. The number of aromatic nitrogens is 3. The number of benzene rings is 3. The molecule has 0 aliphatic carbocycles. The number of methoxy groups -OCH3 is 1. The summed E-state index contributed by atoms with van der Waals surface area (Å²) in [5, 5.41) is 3.01. The van der Waals surface area contributed by atoms with Crippen molar-refractivity contribution in [2.45, 2.75) is 32.3 Å². The monoisotopic (exact) mass is 603 g/mol. The third-order valence-corrected chi connectivity index (χ3v) is 6.71. The number of rotatable bonds is 11. The van der Waals surface area contributed by atoms with Crippen LogP contribution in [0.4, 0.5) is 19.0 Å². The zero-order chi connectivity index (χ0) is 31.1. The highest BCUT2D eigenvalue weighted by atomic mass is 19.4. The van der Waals surface area contributed by atoms with Gasteiger partial charge >= 0.3 is 6.18 Å². The third kappa shape index (κ3) is 7.39. The number of anilines is 1. The Kier molecular flexibility index (Phi) is 9.20. The zero-order valence-corrected chi connectivity index (χ0v) is 23.6. The number of fused-ring (bicyclic) bond motifs is 1. The molecule has 2 heterocycles. The van der Waals surface area contributed by atoms with Crippen molar-refractivity contribution in [3.63, 3.8) is 0 Å². The predicted molar refractivity (Wildman–Crippen MR) is 159 cm³/mol. The molecule has 5 aromatic rings. The highest BCUT2D eigenvalue weighted by Gasteiger charge is 2.30. The normalized spacial score (nSPS) is 11.4. The SMILES string of the molecule is COc1ccc(-c2nc3ccc(NCc4cccc(C(F)(F)F)c4)nc3n(CCC(=O)NOCc3ccccc3)c2=O)cc1. The molecule has 0 radical (unpaired) electrons. The topological polar surface area (TPSA) is 107 Å². The smallest absolute Gasteiger partial charge is 0.416 e. The van der Waals surface area contributed by atoms with Crippen LogP contribution in [0.5, 0.6) is 5.75 Å². The van der Waals surface area contributed by atoms with Gasteiger partial charge in [0.25, 0.3) is 5.56 Å². The van der Waals surface area contributed by atoms with Gasteiger partial charge < -0.3 is 10.1 Å². The second kappa shape index (κ2) is 13.4. The molecule has 12 heteroatoms. The Morgan fingerprint density at radius 3 is 2.39 bits per heavy atom. The molecule has 226 valence electrons. The summed E-state index contributed by atoms with van der Waals surface area (Å²) in [7, 11) is 1.54. The fourth-order valence-corrected chi connectivity index (χ4v) is 4.45. The molecule has 1 amide bonds. The Morgan fingerprint density at radius 2 is 1.66 bits per heavy atom. The summed E-state index contributed by atoms with van der Waals surface area (Å²) in [4.78, 5) is 40.7. The van der Waals surface area contributed by atoms with Gasteiger partial charge in [-0.1, -0.05) is 42.5 Å². The number of pyridine rings is 1. The lowest BCUT2D eigenvalue weighted by atomic mass is 10.1. The van der Waals surface area contributed by atoms with E-state index >= 15 is 0 Å². The molecule has 0 bridgehead atoms. The number of hydroxylamine groups is 1. The highest BCUT2D eigenvalue weighted by Crippen LogP contribution is 2.29. The van der Waals surface area contributed by atoms with E-state index in [1.807, 2.05) is 30.3 Å². The number of nitrogens with zero attached hydrogens (tertiary/aromatic N) is 3. The molecule has 0 spiro atoms. The fourth-order valence-electron chi connectivity index (χ4n) is 4.45. The third-order valence-electron chi connectivity index (χ3n) is 6.71. The van der Waals surface area contributed by atoms with E-state index < -0.39 is 23.2 Å². The molecule has 44 heavy (non-hydrogen) atoms. The highest BCUT2D eigenvalue weighted by molar-refractivity contribution is 5.77. The number of halogens is 3. The Balaban J connectivity index is 1.40. The maximum absolute atomic E-state index is 13.7. The number of aryl methyl sites for hydroxylation is 1. The number of amides is 1. The van der Waals surface area contributed by atoms with Crippen molar-refractivity contribution >= 4 is 22.9 Å². The minimum Gasteiger partial charge on any atom is -0.497 e. The summed E-state index contributed by atoms with van der Waals surface area (Å²) < 4.78 is 46.0. The Hall–Kier alpha value is -5.23. The minimum atomic E-state index is -4.46. The molecular formula is C32H28F3N5O4. The minimum absolute atomic E-state index is 0.0361. The van der Waals surface area contributed by atoms with Crippen LogP contribution in [0.3, 0.4) is 0 Å². The summed E-state index contributed by atoms with van der Waals surface area (Å²) in [6.45, 7) is 0.200. The fraction of sp³-hybridized carbons (Fsp3) is 0.188. The molecule has 0 aliphatic heterocycles. The van der Waals surface area contributed by atoms with Crippen LogP contribution in [-0.2, 0) is 35.5 Å². The van der Waals surface area contributed by atoms with Crippen LogP contribution in [0.2, 0.25) is 0 Å². The van der Waals surface area contributed by atoms with Crippen LogP contribution >= 0.6 is 0 Å². The summed E-state index contributed by atoms with van der Waals surface area (Å²) >= 11 is 0. The van der Waals surface area contributed by atoms with Crippen molar-refractivity contribution in [1.82, 2.24) is 20.0 Å². The van der Waals surface area contributed by atoms with E-state index in [4.69, 9.17) is 9.57 Å². The first kappa shape index (κ1) is 30.2. The molecule has 2 N–H and O–H groups in total. The summed E-state index contributed by atoms with van der Waals surface area (Å²) in [5.41, 5.74) is 3.76. The molecule has 0 fully saturated rings. The molecule has 0 atom stereocenters. The van der Waals surface area contributed by atoms with Gasteiger partial charge in [-0.15, -0.1) is 0 Å². The number of hydrogen-bond acceptors (Lipinski definition) is 7. The lowest BCUT2D eigenvalue weighted by Gasteiger charge is -2.14. The van der Waals surface area contributed by atoms with Crippen molar-refractivity contribution in [3.8, 4) is 17.0 Å². The van der Waals surface area contributed by atoms with E-state index in [-0.39, 0.29) is 37.5 Å². The van der Waals surface area contributed by atoms with Crippen molar-refractivity contribution in [2.24, 2.45) is 0 Å². The van der Waals surface area contributed by atoms with Crippen LogP contribution in [0.1, 0.15) is 23.1 Å². The quantitative estimate of drug-likeness (QED) is 0.186. The van der Waals surface area contributed by atoms with Gasteiger partial charge in [-0.3, -0.25) is 19.0 Å². The molecule has 0 saturated carbocycles. The van der Waals surface area contributed by atoms with E-state index in [1.165, 1.54) is 17.7 Å². The van der Waals surface area contributed by atoms with E-state index in [2.05, 4.69) is 20.8 Å². The van der Waals surface area contributed by atoms with Crippen molar-refractivity contribution in [1.29, 1.82) is 0 Å². The van der Waals surface area contributed by atoms with Crippen LogP contribution < -0.4 is 21.1 Å². The zero-order valence-electron chi connectivity index (χ0n) is 23.6. The number of nitrogens with one attached hydrogen (secondary N) is 2. The first-order chi connectivity index (χ1) is 21.2. The maximum atomic E-state index is 13.7. The van der Waals surface area contributed by atoms with Crippen LogP contribution in [-0.4, -0.2) is 27.6 Å². The maximum Gasteiger partial charge on any atom is 0.416 e. The second-order valence-corrected chi connectivity index (χ2v) is 9.79. The summed E-state index contributed by atoms with van der Waals surface area (Å²) in [5.74, 6) is 0.487. The van der Waals surface area contributed by atoms with Crippen LogP contribution in [0.15, 0.2) is 95.8 Å². The molecule has 2 aromatic heterocycles. The second-order valence-electron chi connectivity index (χ2n) is 9.79. The summed E-state index contributed by atoms with van der Waals surface area (Å²) in [6, 6.07) is 24.4. The van der Waals surface area contributed by atoms with Crippen molar-refractivity contribution < 1.29 is 27.5 Å². The Labute approximate surface area is 250 Å². The first-order valence-corrected chi connectivity index (χ1v) is 13.6. The Bertz CT molecular complexity index is 1810. The van der Waals surface area contributed by atoms with E-state index in [1.54, 1.807) is 42.5 Å². The van der Waals surface area contributed by atoms with E-state index in [9.17, 15) is 22.8 Å². The van der Waals surface area contributed by atoms with Gasteiger partial charge in [-0.05, 0) is 59.7 Å². The van der Waals surface area contributed by atoms with Crippen molar-refractivity contribution in [2.75, 3.05) is 12.4 Å². The number of ether oxygens (including phenoxy) is 1. The van der Waals surface area contributed by atoms with Gasteiger partial charge in [0.2, 0.25) is 5.91 Å². The van der Waals surface area contributed by atoms with Gasteiger partial charge in [0, 0.05) is 25.1 Å². The lowest BCUT2D eigenvalue weighted by Crippen LogP contribution is -2.29. The molecule has 9 nitrogen and oxygen atoms in total. The number of alkyl halides is 3. The predicted octanol–water partition coefficient (Wildman–Crippen LogP) is 5.74. The molecule has 0 aliphatic rings. The van der Waals surface area contributed by atoms with Gasteiger partial charge in [0.15, 0.2) is 5.65 Å². The Morgan fingerprint density at radius 1 is 0.909 bits per heavy atom. The van der Waals surface area contributed by atoms with Crippen LogP contribution in [0.25, 0.3) is 22.4 Å². The average Bonchev–Trinajstić information content (AvgIpc) is 3.03. The van der Waals surface area contributed by atoms with Crippen molar-refractivity contribution in [3.05, 3.63) is 118 Å². The van der Waals surface area contributed by atoms with Gasteiger partial charge in [0.05, 0.1) is 19.3 Å². The standard InChI is InChI=1S/C32H28F3N5O4/c1-43-25-12-10-23(11-13-25)29-31(42)40(17-16-28(41)39-44-20-21-6-3-2-4-7-21)30-26(37-29)14-15-27(38-30)36-19-22-8-5-9-24(18-22)32(33,34)35/h2-15,18H,16-17,19-20H2,1H3,(H,36,38)(H,39,41). The largest absolute Gasteiger partial charge is 0.497 e. The number of carbonyl (C=O) groups is 1. The van der Waals surface area contributed by atoms with Gasteiger partial charge in [0.1, 0.15) is 22.8 Å². The van der Waals surface area contributed by atoms with E-state index in [0.29, 0.717) is 28.2 Å². The first-order valence-electron chi connectivity index (χ1n) is 13.6. The number of carbonyl (C=O) groups excluding carboxylic acids is 1. The molecule has 5 rings (SSSR count). The van der Waals surface area contributed by atoms with Gasteiger partial charge in [-0.25, -0.2) is 15.4 Å². The number of hydrogen-bond donors (Lipinski definition) is 2. The van der Waals surface area contributed by atoms with Crippen LogP contribution in [0, 0.1) is 0 Å². The molecule has 3 aromatic carbocycles.